The summed E-state index contributed by atoms with van der Waals surface area (Å²) < 4.78 is 3.09. The maximum atomic E-state index is 10.9. The highest BCUT2D eigenvalue weighted by Gasteiger charge is 2.16. The van der Waals surface area contributed by atoms with Crippen LogP contribution in [-0.2, 0) is 7.05 Å². The van der Waals surface area contributed by atoms with Crippen molar-refractivity contribution in [3.63, 3.8) is 0 Å². The molecule has 1 aromatic carbocycles. The average Bonchev–Trinajstić information content (AvgIpc) is 2.61. The number of carbonyl (C=O) groups is 1. The molecule has 15 heavy (non-hydrogen) atoms. The lowest BCUT2D eigenvalue weighted by molar-refractivity contribution is -0.601. The van der Waals surface area contributed by atoms with Gasteiger partial charge in [-0.05, 0) is 12.1 Å². The lowest BCUT2D eigenvalue weighted by Gasteiger charge is -2.02. The summed E-state index contributed by atoms with van der Waals surface area (Å²) in [6.45, 7) is 0. The molecule has 76 valence electrons. The molecule has 0 aliphatic rings. The summed E-state index contributed by atoms with van der Waals surface area (Å²) in [4.78, 5) is 10.9. The summed E-state index contributed by atoms with van der Waals surface area (Å²) in [5.41, 5.74) is 0.803. The number of aromatic carboxylic acids is 1. The summed E-state index contributed by atoms with van der Waals surface area (Å²) in [6.07, 6.45) is 3.37. The van der Waals surface area contributed by atoms with Crippen LogP contribution in [0, 0.1) is 0 Å². The van der Waals surface area contributed by atoms with Crippen molar-refractivity contribution in [2.45, 2.75) is 0 Å². The van der Waals surface area contributed by atoms with Gasteiger partial charge in [0.15, 0.2) is 5.97 Å². The van der Waals surface area contributed by atoms with Crippen LogP contribution < -0.4 is 9.67 Å². The lowest BCUT2D eigenvalue weighted by Crippen LogP contribution is -2.42. The largest absolute Gasteiger partial charge is 0.538 e. The second-order valence-electron chi connectivity index (χ2n) is 3.23. The molecule has 0 aliphatic carbocycles. The first kappa shape index (κ1) is 9.45. The Balaban J connectivity index is 2.59. The number of carbonyl (C=O) groups excluding carboxylic acids is 1. The molecular weight excluding hydrogens is 192 g/mol. The maximum Gasteiger partial charge on any atom is 0.309 e. The highest BCUT2D eigenvalue weighted by Crippen LogP contribution is 2.01. The quantitative estimate of drug-likeness (QED) is 0.626. The molecule has 0 unspecified atom stereocenters. The average molecular weight is 202 g/mol. The third-order valence-electron chi connectivity index (χ3n) is 2.22. The number of carboxylic acid groups (broad SMARTS) is 1. The molecule has 0 radical (unpaired) electrons. The molecule has 0 saturated carbocycles. The summed E-state index contributed by atoms with van der Waals surface area (Å²) in [5, 5.41) is 10.9. The summed E-state index contributed by atoms with van der Waals surface area (Å²) >= 11 is 0. The number of imidazole rings is 1. The minimum atomic E-state index is -1.19. The summed E-state index contributed by atoms with van der Waals surface area (Å²) in [5.74, 6) is -1.06. The zero-order chi connectivity index (χ0) is 10.8. The predicted molar refractivity (Wildman–Crippen MR) is 51.3 cm³/mol. The molecule has 4 nitrogen and oxygen atoms in total. The Morgan fingerprint density at radius 2 is 2.00 bits per heavy atom. The Morgan fingerprint density at radius 1 is 1.33 bits per heavy atom. The fourth-order valence-corrected chi connectivity index (χ4v) is 1.52. The van der Waals surface area contributed by atoms with E-state index in [9.17, 15) is 9.90 Å². The molecule has 0 bridgehead atoms. The number of nitrogens with zero attached hydrogens (tertiary/aromatic N) is 2. The molecule has 0 aliphatic heterocycles. The van der Waals surface area contributed by atoms with Gasteiger partial charge in [0.25, 0.3) is 0 Å². The van der Waals surface area contributed by atoms with Crippen molar-refractivity contribution in [2.75, 3.05) is 0 Å². The molecule has 4 heteroatoms. The van der Waals surface area contributed by atoms with Crippen molar-refractivity contribution in [3.05, 3.63) is 48.5 Å². The van der Waals surface area contributed by atoms with E-state index >= 15 is 0 Å². The number of aromatic nitrogens is 2. The van der Waals surface area contributed by atoms with E-state index in [1.165, 1.54) is 4.57 Å². The van der Waals surface area contributed by atoms with E-state index in [2.05, 4.69) is 0 Å². The van der Waals surface area contributed by atoms with Crippen LogP contribution in [0.5, 0.6) is 0 Å². The molecule has 0 fully saturated rings. The summed E-state index contributed by atoms with van der Waals surface area (Å²) in [6, 6.07) is 9.27. The zero-order valence-electron chi connectivity index (χ0n) is 8.25. The second-order valence-corrected chi connectivity index (χ2v) is 3.23. The van der Waals surface area contributed by atoms with Crippen LogP contribution in [0.2, 0.25) is 0 Å². The molecule has 1 aromatic heterocycles. The lowest BCUT2D eigenvalue weighted by atomic mass is 10.3. The smallest absolute Gasteiger partial charge is 0.309 e. The Kier molecular flexibility index (Phi) is 2.25. The maximum absolute atomic E-state index is 10.9. The van der Waals surface area contributed by atoms with Gasteiger partial charge < -0.3 is 9.90 Å². The molecule has 0 spiro atoms. The fourth-order valence-electron chi connectivity index (χ4n) is 1.52. The van der Waals surface area contributed by atoms with Gasteiger partial charge in [0.2, 0.25) is 0 Å². The Labute approximate surface area is 87.0 Å². The van der Waals surface area contributed by atoms with E-state index in [0.717, 1.165) is 5.69 Å². The third-order valence-corrected chi connectivity index (χ3v) is 2.22. The van der Waals surface area contributed by atoms with E-state index < -0.39 is 5.97 Å². The van der Waals surface area contributed by atoms with Crippen LogP contribution in [0.1, 0.15) is 10.6 Å². The Hall–Kier alpha value is -2.10. The molecule has 2 rings (SSSR count). The summed E-state index contributed by atoms with van der Waals surface area (Å²) in [7, 11) is 1.67. The van der Waals surface area contributed by atoms with E-state index in [0.29, 0.717) is 0 Å². The van der Waals surface area contributed by atoms with Gasteiger partial charge in [-0.25, -0.2) is 4.57 Å². The fraction of sp³-hybridized carbons (Fsp3) is 0.0909. The van der Waals surface area contributed by atoms with Crippen LogP contribution in [0.4, 0.5) is 0 Å². The van der Waals surface area contributed by atoms with Gasteiger partial charge in [0.05, 0.1) is 7.05 Å². The van der Waals surface area contributed by atoms with E-state index in [1.807, 2.05) is 30.3 Å². The molecular formula is C11H10N2O2. The Morgan fingerprint density at radius 3 is 2.60 bits per heavy atom. The number of benzene rings is 1. The van der Waals surface area contributed by atoms with Crippen molar-refractivity contribution in [3.8, 4) is 5.69 Å². The van der Waals surface area contributed by atoms with Gasteiger partial charge in [-0.3, -0.25) is 0 Å². The first-order valence-corrected chi connectivity index (χ1v) is 4.54. The topological polar surface area (TPSA) is 48.9 Å². The van der Waals surface area contributed by atoms with E-state index in [4.69, 9.17) is 0 Å². The van der Waals surface area contributed by atoms with Gasteiger partial charge in [0, 0.05) is 0 Å². The van der Waals surface area contributed by atoms with Crippen molar-refractivity contribution in [2.24, 2.45) is 7.05 Å². The van der Waals surface area contributed by atoms with Gasteiger partial charge >= 0.3 is 5.82 Å². The number of hydrogen-bond acceptors (Lipinski definition) is 2. The van der Waals surface area contributed by atoms with Gasteiger partial charge in [-0.15, -0.1) is 0 Å². The van der Waals surface area contributed by atoms with Crippen molar-refractivity contribution < 1.29 is 14.5 Å². The molecule has 1 heterocycles. The van der Waals surface area contributed by atoms with Crippen molar-refractivity contribution >= 4 is 5.97 Å². The monoisotopic (exact) mass is 202 g/mol. The van der Waals surface area contributed by atoms with Crippen molar-refractivity contribution in [1.29, 1.82) is 0 Å². The number of para-hydroxylation sites is 1. The SMILES string of the molecule is Cn1cc[n+](-c2ccccc2)c1C(=O)[O-]. The first-order chi connectivity index (χ1) is 7.20. The molecule has 2 aromatic rings. The van der Waals surface area contributed by atoms with Crippen molar-refractivity contribution in [1.82, 2.24) is 4.57 Å². The zero-order valence-corrected chi connectivity index (χ0v) is 8.25. The minimum absolute atomic E-state index is 0.126. The molecule has 0 amide bonds. The number of carboxylic acids is 1. The van der Waals surface area contributed by atoms with Gasteiger partial charge in [-0.2, -0.15) is 4.57 Å². The highest BCUT2D eigenvalue weighted by atomic mass is 16.4. The van der Waals surface area contributed by atoms with Crippen LogP contribution in [0.15, 0.2) is 42.7 Å². The molecule has 0 atom stereocenters. The Bertz CT molecular complexity index is 489. The first-order valence-electron chi connectivity index (χ1n) is 4.54. The standard InChI is InChI=1S/C11H10N2O2/c1-12-7-8-13(10(12)11(14)15)9-5-3-2-4-6-9/h2-8H,1H3. The third kappa shape index (κ3) is 1.61. The number of hydrogen-bond donors (Lipinski definition) is 0. The van der Waals surface area contributed by atoms with Crippen LogP contribution >= 0.6 is 0 Å². The molecule has 0 saturated heterocycles. The van der Waals surface area contributed by atoms with Gasteiger partial charge in [-0.1, -0.05) is 18.2 Å². The van der Waals surface area contributed by atoms with Crippen LogP contribution in [0.3, 0.4) is 0 Å². The highest BCUT2D eigenvalue weighted by molar-refractivity contribution is 5.80. The minimum Gasteiger partial charge on any atom is -0.538 e. The molecule has 0 N–H and O–H groups in total. The number of aryl methyl sites for hydroxylation is 1. The van der Waals surface area contributed by atoms with E-state index in [1.54, 1.807) is 24.0 Å². The number of rotatable bonds is 2. The van der Waals surface area contributed by atoms with Crippen LogP contribution in [0.25, 0.3) is 5.69 Å². The normalized spacial score (nSPS) is 10.2. The predicted octanol–water partition coefficient (Wildman–Crippen LogP) is -0.335. The van der Waals surface area contributed by atoms with E-state index in [-0.39, 0.29) is 5.82 Å². The van der Waals surface area contributed by atoms with Gasteiger partial charge in [0.1, 0.15) is 18.1 Å². The van der Waals surface area contributed by atoms with Crippen LogP contribution in [-0.4, -0.2) is 10.5 Å². The second kappa shape index (κ2) is 3.57.